The summed E-state index contributed by atoms with van der Waals surface area (Å²) in [5, 5.41) is 2.73. The van der Waals surface area contributed by atoms with Crippen molar-refractivity contribution in [2.24, 2.45) is 0 Å². The number of hydrogen-bond donors (Lipinski definition) is 1. The van der Waals surface area contributed by atoms with Crippen LogP contribution in [0.15, 0.2) is 47.4 Å². The molecule has 1 unspecified atom stereocenters. The Hall–Kier alpha value is -2.48. The molecule has 0 fully saturated rings. The quantitative estimate of drug-likeness (QED) is 0.638. The molecule has 0 saturated heterocycles. The molecule has 5 nitrogen and oxygen atoms in total. The maximum Gasteiger partial charge on any atom is 0.387 e. The molecule has 3 rings (SSSR count). The van der Waals surface area contributed by atoms with Gasteiger partial charge in [-0.1, -0.05) is 31.2 Å². The van der Waals surface area contributed by atoms with Gasteiger partial charge in [-0.2, -0.15) is 8.78 Å². The van der Waals surface area contributed by atoms with E-state index in [1.54, 1.807) is 37.3 Å². The van der Waals surface area contributed by atoms with E-state index >= 15 is 0 Å². The zero-order chi connectivity index (χ0) is 21.7. The van der Waals surface area contributed by atoms with Gasteiger partial charge in [0.15, 0.2) is 9.84 Å². The minimum Gasteiger partial charge on any atom is -0.434 e. The van der Waals surface area contributed by atoms with Crippen molar-refractivity contribution in [1.82, 2.24) is 5.32 Å². The summed E-state index contributed by atoms with van der Waals surface area (Å²) < 4.78 is 55.1. The van der Waals surface area contributed by atoms with Crippen LogP contribution >= 0.6 is 0 Å². The number of benzene rings is 2. The molecule has 1 aliphatic carbocycles. The van der Waals surface area contributed by atoms with Gasteiger partial charge in [0.1, 0.15) is 5.75 Å². The maximum absolute atomic E-state index is 12.7. The van der Waals surface area contributed by atoms with E-state index in [1.807, 2.05) is 6.07 Å². The van der Waals surface area contributed by atoms with Gasteiger partial charge in [-0.3, -0.25) is 4.79 Å². The second kappa shape index (κ2) is 9.55. The first-order valence-corrected chi connectivity index (χ1v) is 11.6. The van der Waals surface area contributed by atoms with Gasteiger partial charge in [0.2, 0.25) is 5.91 Å². The van der Waals surface area contributed by atoms with Crippen LogP contribution in [0, 0.1) is 0 Å². The fraction of sp³-hybridized carbons (Fsp3) is 0.409. The van der Waals surface area contributed by atoms with Gasteiger partial charge in [-0.05, 0) is 55.0 Å². The van der Waals surface area contributed by atoms with E-state index in [0.29, 0.717) is 12.0 Å². The van der Waals surface area contributed by atoms with Crippen LogP contribution < -0.4 is 10.1 Å². The number of carbonyl (C=O) groups excluding carboxylic acids is 1. The summed E-state index contributed by atoms with van der Waals surface area (Å²) in [7, 11) is -3.59. The average Bonchev–Trinajstić information content (AvgIpc) is 3.19. The van der Waals surface area contributed by atoms with Crippen molar-refractivity contribution in [3.8, 4) is 5.75 Å². The fourth-order valence-electron chi connectivity index (χ4n) is 3.72. The summed E-state index contributed by atoms with van der Waals surface area (Å²) in [6.45, 7) is -1.18. The Bertz CT molecular complexity index is 1010. The van der Waals surface area contributed by atoms with Gasteiger partial charge < -0.3 is 10.1 Å². The lowest BCUT2D eigenvalue weighted by Crippen LogP contribution is -2.30. The highest BCUT2D eigenvalue weighted by molar-refractivity contribution is 7.91. The zero-order valence-electron chi connectivity index (χ0n) is 16.7. The van der Waals surface area contributed by atoms with Crippen LogP contribution in [-0.2, 0) is 27.5 Å². The molecule has 0 heterocycles. The number of ether oxygens (including phenoxy) is 1. The van der Waals surface area contributed by atoms with Gasteiger partial charge in [0.05, 0.1) is 16.7 Å². The molecule has 1 atom stereocenters. The second-order valence-electron chi connectivity index (χ2n) is 7.30. The average molecular weight is 438 g/mol. The fourth-order valence-corrected chi connectivity index (χ4v) is 5.01. The van der Waals surface area contributed by atoms with E-state index in [0.717, 1.165) is 24.8 Å². The van der Waals surface area contributed by atoms with Crippen molar-refractivity contribution in [2.45, 2.75) is 56.6 Å². The summed E-state index contributed by atoms with van der Waals surface area (Å²) in [4.78, 5) is 12.7. The van der Waals surface area contributed by atoms with Crippen molar-refractivity contribution >= 4 is 15.7 Å². The molecule has 0 saturated carbocycles. The number of alkyl halides is 2. The van der Waals surface area contributed by atoms with Crippen molar-refractivity contribution in [2.75, 3.05) is 5.75 Å². The monoisotopic (exact) mass is 437 g/mol. The number of hydrogen-bond acceptors (Lipinski definition) is 4. The summed E-state index contributed by atoms with van der Waals surface area (Å²) in [6.07, 6.45) is 3.09. The van der Waals surface area contributed by atoms with Crippen molar-refractivity contribution in [1.29, 1.82) is 0 Å². The largest absolute Gasteiger partial charge is 0.434 e. The Balaban J connectivity index is 1.65. The van der Waals surface area contributed by atoms with E-state index in [-0.39, 0.29) is 22.8 Å². The molecule has 0 spiro atoms. The molecule has 8 heteroatoms. The summed E-state index contributed by atoms with van der Waals surface area (Å²) in [6, 6.07) is 10.9. The molecule has 30 heavy (non-hydrogen) atoms. The maximum atomic E-state index is 12.7. The van der Waals surface area contributed by atoms with Crippen LogP contribution in [0.3, 0.4) is 0 Å². The third kappa shape index (κ3) is 5.36. The van der Waals surface area contributed by atoms with E-state index < -0.39 is 28.4 Å². The van der Waals surface area contributed by atoms with E-state index in [1.165, 1.54) is 11.6 Å². The van der Waals surface area contributed by atoms with Gasteiger partial charge in [0.25, 0.3) is 0 Å². The number of fused-ring (bicyclic) bond motifs is 1. The highest BCUT2D eigenvalue weighted by Gasteiger charge is 2.22. The Labute approximate surface area is 175 Å². The van der Waals surface area contributed by atoms with E-state index in [9.17, 15) is 22.0 Å². The molecule has 0 bridgehead atoms. The number of nitrogens with one attached hydrogen (secondary N) is 1. The standard InChI is InChI=1S/C22H25F2NO4S/c1-2-19(18-8-3-4-9-20(18)29-22(23)24)25-21(26)12-13-30(27,28)17-11-10-15-6-5-7-16(15)14-17/h3-4,8-11,14,19,22H,2,5-7,12-13H2,1H3,(H,25,26). The molecule has 0 aliphatic heterocycles. The van der Waals surface area contributed by atoms with E-state index in [2.05, 4.69) is 10.1 Å². The number of halogens is 2. The number of rotatable bonds is 9. The Kier molecular flexibility index (Phi) is 7.07. The van der Waals surface area contributed by atoms with Crippen molar-refractivity contribution in [3.63, 3.8) is 0 Å². The number of para-hydroxylation sites is 1. The highest BCUT2D eigenvalue weighted by atomic mass is 32.2. The summed E-state index contributed by atoms with van der Waals surface area (Å²) >= 11 is 0. The molecule has 0 radical (unpaired) electrons. The van der Waals surface area contributed by atoms with Crippen LogP contribution in [0.25, 0.3) is 0 Å². The SMILES string of the molecule is CCC(NC(=O)CCS(=O)(=O)c1ccc2c(c1)CCC2)c1ccccc1OC(F)F. The Morgan fingerprint density at radius 2 is 1.87 bits per heavy atom. The number of aryl methyl sites for hydroxylation is 2. The van der Waals surface area contributed by atoms with Gasteiger partial charge in [0, 0.05) is 12.0 Å². The lowest BCUT2D eigenvalue weighted by molar-refractivity contribution is -0.121. The molecular weight excluding hydrogens is 412 g/mol. The number of carbonyl (C=O) groups is 1. The molecule has 1 aliphatic rings. The molecular formula is C22H25F2NO4S. The molecule has 2 aromatic rings. The molecule has 162 valence electrons. The van der Waals surface area contributed by atoms with Gasteiger partial charge in [-0.15, -0.1) is 0 Å². The zero-order valence-corrected chi connectivity index (χ0v) is 17.6. The van der Waals surface area contributed by atoms with Crippen LogP contribution in [0.2, 0.25) is 0 Å². The first-order valence-electron chi connectivity index (χ1n) is 9.98. The number of amides is 1. The summed E-state index contributed by atoms with van der Waals surface area (Å²) in [5.74, 6) is -0.785. The molecule has 2 aromatic carbocycles. The van der Waals surface area contributed by atoms with Crippen LogP contribution in [0.4, 0.5) is 8.78 Å². The topological polar surface area (TPSA) is 72.5 Å². The Morgan fingerprint density at radius 1 is 1.13 bits per heavy atom. The third-order valence-electron chi connectivity index (χ3n) is 5.28. The third-order valence-corrected chi connectivity index (χ3v) is 6.99. The molecule has 1 amide bonds. The first kappa shape index (κ1) is 22.2. The first-order chi connectivity index (χ1) is 14.3. The van der Waals surface area contributed by atoms with Crippen molar-refractivity contribution in [3.05, 3.63) is 59.2 Å². The predicted octanol–water partition coefficient (Wildman–Crippen LogP) is 4.21. The predicted molar refractivity (Wildman–Crippen MR) is 109 cm³/mol. The summed E-state index contributed by atoms with van der Waals surface area (Å²) in [5.41, 5.74) is 2.67. The van der Waals surface area contributed by atoms with Gasteiger partial charge >= 0.3 is 6.61 Å². The lowest BCUT2D eigenvalue weighted by Gasteiger charge is -2.20. The normalized spacial score (nSPS) is 14.4. The highest BCUT2D eigenvalue weighted by Crippen LogP contribution is 2.29. The van der Waals surface area contributed by atoms with Crippen molar-refractivity contribution < 1.29 is 26.7 Å². The van der Waals surface area contributed by atoms with Gasteiger partial charge in [-0.25, -0.2) is 8.42 Å². The van der Waals surface area contributed by atoms with Crippen LogP contribution in [0.1, 0.15) is 48.9 Å². The van der Waals surface area contributed by atoms with Crippen LogP contribution in [0.5, 0.6) is 5.75 Å². The van der Waals surface area contributed by atoms with Crippen LogP contribution in [-0.4, -0.2) is 26.7 Å². The lowest BCUT2D eigenvalue weighted by atomic mass is 10.0. The molecule has 1 N–H and O–H groups in total. The number of sulfone groups is 1. The Morgan fingerprint density at radius 3 is 2.60 bits per heavy atom. The minimum atomic E-state index is -3.59. The second-order valence-corrected chi connectivity index (χ2v) is 9.41. The smallest absolute Gasteiger partial charge is 0.387 e. The molecule has 0 aromatic heterocycles. The minimum absolute atomic E-state index is 0.00888. The van der Waals surface area contributed by atoms with E-state index in [4.69, 9.17) is 0 Å².